The third-order valence-electron chi connectivity index (χ3n) is 5.62. The lowest BCUT2D eigenvalue weighted by atomic mass is 9.98. The highest BCUT2D eigenvalue weighted by atomic mass is 32.2. The Morgan fingerprint density at radius 2 is 1.57 bits per heavy atom. The molecule has 0 aliphatic heterocycles. The minimum Gasteiger partial charge on any atom is -0.327 e. The van der Waals surface area contributed by atoms with Gasteiger partial charge < -0.3 is 4.57 Å². The second-order valence-corrected chi connectivity index (χ2v) is 10.2. The van der Waals surface area contributed by atoms with Gasteiger partial charge in [0.25, 0.3) is 0 Å². The molecule has 0 saturated heterocycles. The lowest BCUT2D eigenvalue weighted by Crippen LogP contribution is -2.62. The lowest BCUT2D eigenvalue weighted by molar-refractivity contribution is -0.403. The summed E-state index contributed by atoms with van der Waals surface area (Å²) in [6, 6.07) is 1.26. The van der Waals surface area contributed by atoms with Gasteiger partial charge in [-0.25, -0.2) is 17.8 Å². The Hall–Kier alpha value is -2.39. The highest BCUT2D eigenvalue weighted by molar-refractivity contribution is 7.91. The van der Waals surface area contributed by atoms with Crippen LogP contribution in [0.5, 0.6) is 0 Å². The maximum Gasteiger partial charge on any atom is 0.460 e. The first-order chi connectivity index (χ1) is 15.8. The fraction of sp³-hybridized carbons (Fsp3) is 0.579. The third kappa shape index (κ3) is 4.27. The number of halogens is 10. The fourth-order valence-corrected chi connectivity index (χ4v) is 4.34. The van der Waals surface area contributed by atoms with Crippen LogP contribution < -0.4 is 0 Å². The summed E-state index contributed by atoms with van der Waals surface area (Å²) in [5.74, 6) is -22.0. The molecule has 2 aromatic heterocycles. The van der Waals surface area contributed by atoms with Crippen LogP contribution >= 0.6 is 0 Å². The van der Waals surface area contributed by atoms with E-state index < -0.39 is 67.8 Å². The van der Waals surface area contributed by atoms with Gasteiger partial charge in [0.05, 0.1) is 22.5 Å². The highest BCUT2D eigenvalue weighted by Gasteiger charge is 2.83. The number of pyridine rings is 1. The summed E-state index contributed by atoms with van der Waals surface area (Å²) in [7, 11) is -3.26. The second kappa shape index (κ2) is 8.34. The molecule has 0 N–H and O–H groups in total. The van der Waals surface area contributed by atoms with Crippen molar-refractivity contribution >= 4 is 9.84 Å². The van der Waals surface area contributed by atoms with Crippen LogP contribution in [0.2, 0.25) is 0 Å². The molecule has 196 valence electrons. The summed E-state index contributed by atoms with van der Waals surface area (Å²) >= 11 is 0. The van der Waals surface area contributed by atoms with Crippen LogP contribution in [0.25, 0.3) is 11.5 Å². The summed E-state index contributed by atoms with van der Waals surface area (Å²) in [5.41, 5.74) is -1.43. The van der Waals surface area contributed by atoms with Gasteiger partial charge in [0, 0.05) is 13.2 Å². The van der Waals surface area contributed by atoms with Gasteiger partial charge in [0.1, 0.15) is 5.69 Å². The van der Waals surface area contributed by atoms with E-state index in [1.165, 1.54) is 19.2 Å². The number of aromatic nitrogens is 3. The van der Waals surface area contributed by atoms with Crippen LogP contribution in [0.1, 0.15) is 43.1 Å². The molecule has 0 bridgehead atoms. The van der Waals surface area contributed by atoms with E-state index in [0.29, 0.717) is 10.1 Å². The fourth-order valence-electron chi connectivity index (χ4n) is 3.27. The van der Waals surface area contributed by atoms with Crippen LogP contribution in [-0.4, -0.2) is 52.6 Å². The molecule has 16 heteroatoms. The van der Waals surface area contributed by atoms with Crippen LogP contribution in [0.15, 0.2) is 23.4 Å². The summed E-state index contributed by atoms with van der Waals surface area (Å²) in [5, 5.41) is 0. The largest absolute Gasteiger partial charge is 0.460 e. The Morgan fingerprint density at radius 3 is 2.06 bits per heavy atom. The van der Waals surface area contributed by atoms with E-state index in [9.17, 15) is 52.3 Å². The number of nitrogens with zero attached hydrogens (tertiary/aromatic N) is 3. The Labute approximate surface area is 192 Å². The average Bonchev–Trinajstić information content (AvgIpc) is 3.54. The molecule has 0 amide bonds. The molecule has 1 aliphatic carbocycles. The van der Waals surface area contributed by atoms with Crippen molar-refractivity contribution in [2.24, 2.45) is 7.05 Å². The molecule has 5 nitrogen and oxygen atoms in total. The van der Waals surface area contributed by atoms with E-state index in [2.05, 4.69) is 9.97 Å². The predicted octanol–water partition coefficient (Wildman–Crippen LogP) is 5.63. The van der Waals surface area contributed by atoms with Crippen molar-refractivity contribution in [3.05, 3.63) is 29.7 Å². The maximum atomic E-state index is 14.6. The van der Waals surface area contributed by atoms with Gasteiger partial charge in [0.2, 0.25) is 6.17 Å². The first-order valence-corrected chi connectivity index (χ1v) is 11.5. The average molecular weight is 541 g/mol. The predicted molar refractivity (Wildman–Crippen MR) is 101 cm³/mol. The van der Waals surface area contributed by atoms with Gasteiger partial charge in [0.15, 0.2) is 15.7 Å². The number of alkyl halides is 10. The topological polar surface area (TPSA) is 64.8 Å². The molecule has 2 heterocycles. The number of rotatable bonds is 8. The van der Waals surface area contributed by atoms with Crippen molar-refractivity contribution in [1.82, 2.24) is 14.5 Å². The summed E-state index contributed by atoms with van der Waals surface area (Å²) in [6.45, 7) is 1.29. The van der Waals surface area contributed by atoms with E-state index in [4.69, 9.17) is 0 Å². The molecular formula is C19H17F10N3O2S. The van der Waals surface area contributed by atoms with Crippen molar-refractivity contribution in [2.75, 3.05) is 5.75 Å². The van der Waals surface area contributed by atoms with Gasteiger partial charge in [-0.15, -0.1) is 0 Å². The van der Waals surface area contributed by atoms with Gasteiger partial charge in [-0.2, -0.15) is 39.5 Å². The second-order valence-electron chi connectivity index (χ2n) is 7.99. The van der Waals surface area contributed by atoms with Crippen molar-refractivity contribution in [3.63, 3.8) is 0 Å². The zero-order chi connectivity index (χ0) is 26.8. The zero-order valence-corrected chi connectivity index (χ0v) is 18.7. The Balaban J connectivity index is 2.10. The van der Waals surface area contributed by atoms with Crippen LogP contribution in [0.3, 0.4) is 0 Å². The van der Waals surface area contributed by atoms with E-state index >= 15 is 0 Å². The minimum atomic E-state index is -7.27. The van der Waals surface area contributed by atoms with E-state index in [1.807, 2.05) is 0 Å². The molecule has 0 spiro atoms. The molecule has 1 fully saturated rings. The molecule has 1 atom stereocenters. The molecular weight excluding hydrogens is 524 g/mol. The van der Waals surface area contributed by atoms with Gasteiger partial charge >= 0.3 is 23.9 Å². The molecule has 0 unspecified atom stereocenters. The summed E-state index contributed by atoms with van der Waals surface area (Å²) in [4.78, 5) is 7.06. The van der Waals surface area contributed by atoms with Crippen molar-refractivity contribution < 1.29 is 52.3 Å². The van der Waals surface area contributed by atoms with Crippen molar-refractivity contribution in [1.29, 1.82) is 0 Å². The van der Waals surface area contributed by atoms with E-state index in [0.717, 1.165) is 19.9 Å². The Morgan fingerprint density at radius 1 is 1.00 bits per heavy atom. The zero-order valence-electron chi connectivity index (χ0n) is 17.9. The lowest BCUT2D eigenvalue weighted by Gasteiger charge is -2.35. The van der Waals surface area contributed by atoms with Gasteiger partial charge in [-0.1, -0.05) is 6.92 Å². The third-order valence-corrected chi connectivity index (χ3v) is 7.36. The Kier molecular flexibility index (Phi) is 6.48. The maximum absolute atomic E-state index is 14.6. The number of hydrogen-bond acceptors (Lipinski definition) is 4. The molecule has 35 heavy (non-hydrogen) atoms. The molecule has 2 aromatic rings. The smallest absolute Gasteiger partial charge is 0.327 e. The summed E-state index contributed by atoms with van der Waals surface area (Å²) in [6.07, 6.45) is -8.50. The van der Waals surface area contributed by atoms with Gasteiger partial charge in [-0.05, 0) is 30.4 Å². The number of hydrogen-bond donors (Lipinski definition) is 0. The van der Waals surface area contributed by atoms with Crippen molar-refractivity contribution in [2.45, 2.75) is 60.7 Å². The summed E-state index contributed by atoms with van der Waals surface area (Å²) < 4.78 is 159. The quantitative estimate of drug-likeness (QED) is 0.407. The van der Waals surface area contributed by atoms with Gasteiger partial charge in [-0.3, -0.25) is 4.98 Å². The van der Waals surface area contributed by atoms with Crippen LogP contribution in [-0.2, 0) is 16.9 Å². The Bertz CT molecular complexity index is 1220. The molecule has 3 rings (SSSR count). The van der Waals surface area contributed by atoms with Crippen molar-refractivity contribution in [3.8, 4) is 11.5 Å². The van der Waals surface area contributed by atoms with Crippen LogP contribution in [0.4, 0.5) is 43.9 Å². The molecule has 0 radical (unpaired) electrons. The number of imidazole rings is 1. The van der Waals surface area contributed by atoms with Crippen LogP contribution in [0, 0.1) is 0 Å². The monoisotopic (exact) mass is 541 g/mol. The van der Waals surface area contributed by atoms with E-state index in [1.54, 1.807) is 0 Å². The first kappa shape index (κ1) is 27.2. The first-order valence-electron chi connectivity index (χ1n) is 9.90. The SMILES string of the molecule is CCS(=O)(=O)c1cc(C2CC2)cnc1-c1ncc([C@H](F)C(F)(F)C(F)(F)C(F)(F)C(F)(F)F)n1C. The normalized spacial score (nSPS) is 17.0. The minimum absolute atomic E-state index is 0.0331. The standard InChI is InChI=1S/C19H17F10N3O2S/c1-3-35(33,34)12-6-10(9-4-5-9)7-30-13(12)15-31-8-11(32(15)2)14(20)16(21,22)17(23,24)18(25,26)19(27,28)29/h6-9,14H,3-5H2,1-2H3/t14-/m0/s1. The number of sulfone groups is 1. The van der Waals surface area contributed by atoms with E-state index in [-0.39, 0.29) is 12.1 Å². The molecule has 1 saturated carbocycles. The molecule has 0 aromatic carbocycles. The highest BCUT2D eigenvalue weighted by Crippen LogP contribution is 2.57. The molecule has 1 aliphatic rings.